The maximum atomic E-state index is 13.6. The second kappa shape index (κ2) is 10.7. The van der Waals surface area contributed by atoms with Gasteiger partial charge in [0.2, 0.25) is 0 Å². The number of nitrogens with zero attached hydrogens (tertiary/aromatic N) is 3. The predicted octanol–water partition coefficient (Wildman–Crippen LogP) is 5.32. The lowest BCUT2D eigenvalue weighted by molar-refractivity contribution is -0.138. The van der Waals surface area contributed by atoms with E-state index >= 15 is 0 Å². The number of aromatic nitrogens is 2. The monoisotopic (exact) mass is 530 g/mol. The summed E-state index contributed by atoms with van der Waals surface area (Å²) in [5.41, 5.74) is 4.87. The first kappa shape index (κ1) is 26.9. The third kappa shape index (κ3) is 7.01. The molecule has 3 heterocycles. The first-order valence-corrected chi connectivity index (χ1v) is 12.7. The zero-order chi connectivity index (χ0) is 26.8. The molecule has 3 N–H and O–H groups in total. The van der Waals surface area contributed by atoms with Crippen molar-refractivity contribution < 1.29 is 23.0 Å². The molecular formula is C27H29F3N4O2S. The van der Waals surface area contributed by atoms with Gasteiger partial charge < -0.3 is 20.5 Å². The highest BCUT2D eigenvalue weighted by atomic mass is 32.1. The SMILES string of the molecule is CN1CCC(c2ncc(-c3cnc(N)c(OCc4cc(C#CC(C)(C)O)ccc4C(F)(F)F)c3)s2)CC1. The Hall–Kier alpha value is -3.13. The number of nitrogens with two attached hydrogens (primary N) is 1. The Kier molecular flexibility index (Phi) is 7.78. The number of rotatable bonds is 5. The summed E-state index contributed by atoms with van der Waals surface area (Å²) in [5, 5.41) is 10.9. The lowest BCUT2D eigenvalue weighted by Crippen LogP contribution is -2.29. The second-order valence-electron chi connectivity index (χ2n) is 9.72. The van der Waals surface area contributed by atoms with Gasteiger partial charge >= 0.3 is 6.18 Å². The van der Waals surface area contributed by atoms with Gasteiger partial charge in [-0.25, -0.2) is 9.97 Å². The van der Waals surface area contributed by atoms with Gasteiger partial charge in [-0.15, -0.1) is 11.3 Å². The zero-order valence-corrected chi connectivity index (χ0v) is 21.7. The molecule has 37 heavy (non-hydrogen) atoms. The molecule has 0 unspecified atom stereocenters. The normalized spacial score (nSPS) is 15.3. The number of benzene rings is 1. The van der Waals surface area contributed by atoms with Gasteiger partial charge in [-0.2, -0.15) is 13.2 Å². The van der Waals surface area contributed by atoms with E-state index in [0.717, 1.165) is 47.4 Å². The van der Waals surface area contributed by atoms with Crippen LogP contribution in [0.15, 0.2) is 36.7 Å². The van der Waals surface area contributed by atoms with Crippen molar-refractivity contribution in [1.82, 2.24) is 14.9 Å². The number of halogens is 3. The van der Waals surface area contributed by atoms with E-state index in [-0.39, 0.29) is 23.7 Å². The van der Waals surface area contributed by atoms with Gasteiger partial charge in [-0.3, -0.25) is 0 Å². The van der Waals surface area contributed by atoms with Gasteiger partial charge in [-0.05, 0) is 71.1 Å². The third-order valence-corrected chi connectivity index (χ3v) is 7.27. The van der Waals surface area contributed by atoms with E-state index in [1.165, 1.54) is 26.0 Å². The number of pyridine rings is 1. The average Bonchev–Trinajstić information content (AvgIpc) is 3.32. The number of anilines is 1. The number of aliphatic hydroxyl groups is 1. The molecule has 1 aromatic carbocycles. The molecule has 10 heteroatoms. The third-order valence-electron chi connectivity index (χ3n) is 6.06. The molecule has 1 aliphatic heterocycles. The first-order valence-electron chi connectivity index (χ1n) is 11.9. The van der Waals surface area contributed by atoms with Crippen molar-refractivity contribution in [2.45, 2.75) is 51.0 Å². The van der Waals surface area contributed by atoms with Crippen LogP contribution in [0, 0.1) is 11.8 Å². The fourth-order valence-corrected chi connectivity index (χ4v) is 5.09. The number of thiazole rings is 1. The van der Waals surface area contributed by atoms with E-state index in [1.54, 1.807) is 29.8 Å². The highest BCUT2D eigenvalue weighted by Gasteiger charge is 2.33. The summed E-state index contributed by atoms with van der Waals surface area (Å²) in [6.07, 6.45) is 0.945. The molecule has 0 aliphatic carbocycles. The van der Waals surface area contributed by atoms with Crippen LogP contribution in [0.4, 0.5) is 19.0 Å². The molecule has 1 aliphatic rings. The fraction of sp³-hybridized carbons (Fsp3) is 0.407. The highest BCUT2D eigenvalue weighted by molar-refractivity contribution is 7.15. The van der Waals surface area contributed by atoms with E-state index in [4.69, 9.17) is 10.5 Å². The molecule has 196 valence electrons. The Balaban J connectivity index is 1.56. The second-order valence-corrected chi connectivity index (χ2v) is 10.8. The summed E-state index contributed by atoms with van der Waals surface area (Å²) in [5.74, 6) is 6.00. The van der Waals surface area contributed by atoms with Gasteiger partial charge in [0.1, 0.15) is 12.2 Å². The zero-order valence-electron chi connectivity index (χ0n) is 20.9. The lowest BCUT2D eigenvalue weighted by Gasteiger charge is -2.27. The summed E-state index contributed by atoms with van der Waals surface area (Å²) in [7, 11) is 2.11. The van der Waals surface area contributed by atoms with E-state index in [2.05, 4.69) is 33.8 Å². The van der Waals surface area contributed by atoms with E-state index in [1.807, 2.05) is 0 Å². The van der Waals surface area contributed by atoms with Crippen LogP contribution < -0.4 is 10.5 Å². The summed E-state index contributed by atoms with van der Waals surface area (Å²) < 4.78 is 46.7. The number of nitrogen functional groups attached to an aromatic ring is 1. The molecule has 4 rings (SSSR count). The molecule has 1 fully saturated rings. The van der Waals surface area contributed by atoms with Crippen LogP contribution in [0.1, 0.15) is 54.3 Å². The van der Waals surface area contributed by atoms with Crippen molar-refractivity contribution >= 4 is 17.2 Å². The Labute approximate surface area is 218 Å². The van der Waals surface area contributed by atoms with Crippen LogP contribution in [-0.4, -0.2) is 45.7 Å². The van der Waals surface area contributed by atoms with Gasteiger partial charge in [-0.1, -0.05) is 11.8 Å². The minimum atomic E-state index is -4.57. The summed E-state index contributed by atoms with van der Waals surface area (Å²) >= 11 is 1.59. The number of hydrogen-bond donors (Lipinski definition) is 2. The van der Waals surface area contributed by atoms with E-state index < -0.39 is 17.3 Å². The molecule has 0 radical (unpaired) electrons. The van der Waals surface area contributed by atoms with Gasteiger partial charge in [0, 0.05) is 35.0 Å². The van der Waals surface area contributed by atoms with Crippen molar-refractivity contribution in [2.75, 3.05) is 25.9 Å². The van der Waals surface area contributed by atoms with Crippen molar-refractivity contribution in [3.05, 3.63) is 58.4 Å². The maximum absolute atomic E-state index is 13.6. The molecule has 1 saturated heterocycles. The standard InChI is InChI=1S/C27H29F3N4O2S/c1-26(2,35)9-6-17-4-5-21(27(28,29)30)20(12-17)16-36-22-13-19(14-32-24(22)31)23-15-33-25(37-23)18-7-10-34(3)11-8-18/h4-5,12-15,18,35H,7-8,10-11,16H2,1-3H3,(H2,31,32). The Bertz CT molecular complexity index is 1310. The minimum absolute atomic E-state index is 0.0790. The number of likely N-dealkylation sites (tertiary alicyclic amines) is 1. The van der Waals surface area contributed by atoms with Crippen molar-refractivity contribution in [1.29, 1.82) is 0 Å². The van der Waals surface area contributed by atoms with Crippen LogP contribution in [0.2, 0.25) is 0 Å². The highest BCUT2D eigenvalue weighted by Crippen LogP contribution is 2.37. The summed E-state index contributed by atoms with van der Waals surface area (Å²) in [4.78, 5) is 12.0. The number of hydrogen-bond acceptors (Lipinski definition) is 7. The minimum Gasteiger partial charge on any atom is -0.485 e. The molecule has 0 spiro atoms. The van der Waals surface area contributed by atoms with Crippen molar-refractivity contribution in [3.63, 3.8) is 0 Å². The predicted molar refractivity (Wildman–Crippen MR) is 138 cm³/mol. The van der Waals surface area contributed by atoms with E-state index in [0.29, 0.717) is 11.5 Å². The quantitative estimate of drug-likeness (QED) is 0.435. The van der Waals surface area contributed by atoms with Gasteiger partial charge in [0.15, 0.2) is 11.6 Å². The molecular weight excluding hydrogens is 501 g/mol. The topological polar surface area (TPSA) is 84.5 Å². The van der Waals surface area contributed by atoms with Gasteiger partial charge in [0.05, 0.1) is 15.4 Å². The van der Waals surface area contributed by atoms with Crippen LogP contribution in [0.25, 0.3) is 10.4 Å². The lowest BCUT2D eigenvalue weighted by atomic mass is 9.98. The fourth-order valence-electron chi connectivity index (χ4n) is 4.02. The summed E-state index contributed by atoms with van der Waals surface area (Å²) in [6.45, 7) is 4.68. The number of ether oxygens (including phenoxy) is 1. The molecule has 0 saturated carbocycles. The summed E-state index contributed by atoms with van der Waals surface area (Å²) in [6, 6.07) is 5.23. The largest absolute Gasteiger partial charge is 0.485 e. The van der Waals surface area contributed by atoms with Crippen molar-refractivity contribution in [2.24, 2.45) is 0 Å². The van der Waals surface area contributed by atoms with Crippen molar-refractivity contribution in [3.8, 4) is 28.0 Å². The van der Waals surface area contributed by atoms with Gasteiger partial charge in [0.25, 0.3) is 0 Å². The number of alkyl halides is 3. The Morgan fingerprint density at radius 3 is 2.57 bits per heavy atom. The van der Waals surface area contributed by atoms with Crippen LogP contribution in [0.3, 0.4) is 0 Å². The molecule has 0 amide bonds. The molecule has 0 atom stereocenters. The Morgan fingerprint density at radius 2 is 1.89 bits per heavy atom. The first-order chi connectivity index (χ1) is 17.4. The molecule has 2 aromatic heterocycles. The van der Waals surface area contributed by atoms with Crippen LogP contribution in [0.5, 0.6) is 5.75 Å². The molecule has 0 bridgehead atoms. The maximum Gasteiger partial charge on any atom is 0.416 e. The molecule has 3 aromatic rings. The van der Waals surface area contributed by atoms with Crippen LogP contribution >= 0.6 is 11.3 Å². The molecule has 6 nitrogen and oxygen atoms in total. The number of piperidine rings is 1. The Morgan fingerprint density at radius 1 is 1.16 bits per heavy atom. The van der Waals surface area contributed by atoms with E-state index in [9.17, 15) is 18.3 Å². The average molecular weight is 531 g/mol. The van der Waals surface area contributed by atoms with Crippen LogP contribution in [-0.2, 0) is 12.8 Å². The smallest absolute Gasteiger partial charge is 0.416 e.